The Labute approximate surface area is 128 Å². The van der Waals surface area contributed by atoms with Crippen LogP contribution in [-0.4, -0.2) is 42.4 Å². The normalized spacial score (nSPS) is 19.2. The molecule has 0 radical (unpaired) electrons. The van der Waals surface area contributed by atoms with E-state index in [9.17, 15) is 9.59 Å². The zero-order chi connectivity index (χ0) is 14.6. The minimum Gasteiger partial charge on any atom is -0.346 e. The molecule has 0 aromatic rings. The Balaban J connectivity index is 0.00000361. The van der Waals surface area contributed by atoms with Gasteiger partial charge in [0, 0.05) is 13.1 Å². The van der Waals surface area contributed by atoms with E-state index in [1.807, 2.05) is 18.7 Å². The molecule has 0 aromatic heterocycles. The van der Waals surface area contributed by atoms with Crippen LogP contribution in [0.1, 0.15) is 40.5 Å². The fourth-order valence-corrected chi connectivity index (χ4v) is 2.33. The van der Waals surface area contributed by atoms with Crippen molar-refractivity contribution < 1.29 is 9.59 Å². The van der Waals surface area contributed by atoms with Gasteiger partial charge in [0.05, 0.1) is 12.6 Å². The molecular weight excluding hydrogens is 278 g/mol. The van der Waals surface area contributed by atoms with E-state index >= 15 is 0 Å². The number of halogens is 1. The van der Waals surface area contributed by atoms with Crippen molar-refractivity contribution in [3.63, 3.8) is 0 Å². The topological polar surface area (TPSA) is 75.4 Å². The van der Waals surface area contributed by atoms with Gasteiger partial charge in [0.15, 0.2) is 0 Å². The third-order valence-electron chi connectivity index (χ3n) is 3.69. The van der Waals surface area contributed by atoms with E-state index in [2.05, 4.69) is 19.2 Å². The molecule has 1 aliphatic rings. The number of hydrogen-bond donors (Lipinski definition) is 2. The Morgan fingerprint density at radius 2 is 1.95 bits per heavy atom. The highest BCUT2D eigenvalue weighted by atomic mass is 35.5. The van der Waals surface area contributed by atoms with Crippen LogP contribution in [-0.2, 0) is 9.59 Å². The summed E-state index contributed by atoms with van der Waals surface area (Å²) in [5.41, 5.74) is 5.90. The number of nitrogens with zero attached hydrogens (tertiary/aromatic N) is 1. The van der Waals surface area contributed by atoms with Crippen LogP contribution >= 0.6 is 12.4 Å². The first kappa shape index (κ1) is 19.2. The molecule has 6 heteroatoms. The van der Waals surface area contributed by atoms with Gasteiger partial charge in [0.25, 0.3) is 0 Å². The summed E-state index contributed by atoms with van der Waals surface area (Å²) in [5, 5.41) is 2.63. The maximum Gasteiger partial charge on any atom is 0.241 e. The van der Waals surface area contributed by atoms with Crippen molar-refractivity contribution in [1.82, 2.24) is 10.2 Å². The van der Waals surface area contributed by atoms with Crippen LogP contribution in [0.25, 0.3) is 0 Å². The fraction of sp³-hybridized carbons (Fsp3) is 0.857. The molecule has 2 amide bonds. The Morgan fingerprint density at radius 3 is 2.45 bits per heavy atom. The number of hydrogen-bond acceptors (Lipinski definition) is 3. The van der Waals surface area contributed by atoms with Gasteiger partial charge in [0.2, 0.25) is 11.8 Å². The molecule has 0 unspecified atom stereocenters. The van der Waals surface area contributed by atoms with Gasteiger partial charge in [-0.05, 0) is 24.2 Å². The molecule has 20 heavy (non-hydrogen) atoms. The van der Waals surface area contributed by atoms with Gasteiger partial charge in [-0.25, -0.2) is 0 Å². The molecular formula is C14H28ClN3O2. The molecule has 1 fully saturated rings. The first-order valence-electron chi connectivity index (χ1n) is 7.04. The highest BCUT2D eigenvalue weighted by molar-refractivity contribution is 5.87. The minimum absolute atomic E-state index is 0. The lowest BCUT2D eigenvalue weighted by Crippen LogP contribution is -2.50. The summed E-state index contributed by atoms with van der Waals surface area (Å²) >= 11 is 0. The van der Waals surface area contributed by atoms with Gasteiger partial charge < -0.3 is 16.0 Å². The second-order valence-corrected chi connectivity index (χ2v) is 6.57. The molecule has 1 aliphatic heterocycles. The summed E-state index contributed by atoms with van der Waals surface area (Å²) in [6.07, 6.45) is 2.17. The summed E-state index contributed by atoms with van der Waals surface area (Å²) in [5.74, 6) is -0.194. The predicted octanol–water partition coefficient (Wildman–Crippen LogP) is 1.16. The quantitative estimate of drug-likeness (QED) is 0.818. The molecule has 1 saturated heterocycles. The molecule has 0 aromatic carbocycles. The Morgan fingerprint density at radius 1 is 1.35 bits per heavy atom. The highest BCUT2D eigenvalue weighted by Crippen LogP contribution is 2.28. The molecule has 0 saturated carbocycles. The second kappa shape index (κ2) is 7.84. The van der Waals surface area contributed by atoms with Crippen LogP contribution in [0.5, 0.6) is 0 Å². The maximum absolute atomic E-state index is 12.1. The highest BCUT2D eigenvalue weighted by Gasteiger charge is 2.29. The molecule has 3 N–H and O–H groups in total. The number of nitrogens with one attached hydrogen (secondary N) is 1. The van der Waals surface area contributed by atoms with Crippen molar-refractivity contribution in [2.24, 2.45) is 17.1 Å². The van der Waals surface area contributed by atoms with Gasteiger partial charge in [-0.15, -0.1) is 12.4 Å². The van der Waals surface area contributed by atoms with E-state index in [1.165, 1.54) is 0 Å². The Hall–Kier alpha value is -0.810. The molecule has 1 rings (SSSR count). The number of amides is 2. The smallest absolute Gasteiger partial charge is 0.241 e. The third-order valence-corrected chi connectivity index (χ3v) is 3.69. The zero-order valence-corrected chi connectivity index (χ0v) is 13.8. The molecule has 1 heterocycles. The van der Waals surface area contributed by atoms with Gasteiger partial charge in [-0.3, -0.25) is 9.59 Å². The van der Waals surface area contributed by atoms with Crippen LogP contribution in [0.2, 0.25) is 0 Å². The lowest BCUT2D eigenvalue weighted by Gasteiger charge is -2.38. The molecule has 0 bridgehead atoms. The molecule has 0 spiro atoms. The minimum atomic E-state index is -0.550. The van der Waals surface area contributed by atoms with Gasteiger partial charge in [-0.2, -0.15) is 0 Å². The second-order valence-electron chi connectivity index (χ2n) is 6.57. The van der Waals surface area contributed by atoms with Gasteiger partial charge in [-0.1, -0.05) is 27.7 Å². The van der Waals surface area contributed by atoms with Gasteiger partial charge in [0.1, 0.15) is 0 Å². The number of nitrogens with two attached hydrogens (primary N) is 1. The number of carbonyl (C=O) groups excluding carboxylic acids is 2. The van der Waals surface area contributed by atoms with Crippen LogP contribution in [0.3, 0.4) is 0 Å². The summed E-state index contributed by atoms with van der Waals surface area (Å²) in [6.45, 7) is 9.71. The van der Waals surface area contributed by atoms with Crippen LogP contribution in [0.4, 0.5) is 0 Å². The summed E-state index contributed by atoms with van der Waals surface area (Å²) in [6, 6.07) is -0.550. The average Bonchev–Trinajstić information content (AvgIpc) is 2.33. The van der Waals surface area contributed by atoms with Crippen molar-refractivity contribution in [2.45, 2.75) is 46.6 Å². The molecule has 118 valence electrons. The molecule has 0 aliphatic carbocycles. The van der Waals surface area contributed by atoms with Gasteiger partial charge >= 0.3 is 0 Å². The first-order chi connectivity index (χ1) is 8.73. The summed E-state index contributed by atoms with van der Waals surface area (Å²) in [7, 11) is 0. The number of rotatable bonds is 4. The Bertz CT molecular complexity index is 345. The summed E-state index contributed by atoms with van der Waals surface area (Å²) in [4.78, 5) is 25.6. The monoisotopic (exact) mass is 305 g/mol. The third kappa shape index (κ3) is 5.67. The van der Waals surface area contributed by atoms with E-state index in [0.29, 0.717) is 0 Å². The van der Waals surface area contributed by atoms with Crippen LogP contribution in [0, 0.1) is 11.3 Å². The molecule has 5 nitrogen and oxygen atoms in total. The fourth-order valence-electron chi connectivity index (χ4n) is 2.33. The maximum atomic E-state index is 12.1. The first-order valence-corrected chi connectivity index (χ1v) is 7.04. The van der Waals surface area contributed by atoms with E-state index in [1.54, 1.807) is 0 Å². The van der Waals surface area contributed by atoms with Crippen molar-refractivity contribution in [3.05, 3.63) is 0 Å². The van der Waals surface area contributed by atoms with Crippen molar-refractivity contribution in [1.29, 1.82) is 0 Å². The average molecular weight is 306 g/mol. The SMILES string of the molecule is CC(C)[C@H](N)C(=O)NCC(=O)N1CCCC(C)(C)C1.Cl. The van der Waals surface area contributed by atoms with E-state index < -0.39 is 6.04 Å². The Kier molecular flexibility index (Phi) is 7.52. The lowest BCUT2D eigenvalue weighted by atomic mass is 9.84. The van der Waals surface area contributed by atoms with Crippen LogP contribution in [0.15, 0.2) is 0 Å². The number of carbonyl (C=O) groups is 2. The van der Waals surface area contributed by atoms with Crippen LogP contribution < -0.4 is 11.1 Å². The number of likely N-dealkylation sites (tertiary alicyclic amines) is 1. The predicted molar refractivity (Wildman–Crippen MR) is 82.7 cm³/mol. The van der Waals surface area contributed by atoms with E-state index in [4.69, 9.17) is 5.73 Å². The molecule has 1 atom stereocenters. The zero-order valence-electron chi connectivity index (χ0n) is 12.9. The van der Waals surface area contributed by atoms with E-state index in [-0.39, 0.29) is 42.1 Å². The van der Waals surface area contributed by atoms with Crippen molar-refractivity contribution in [2.75, 3.05) is 19.6 Å². The standard InChI is InChI=1S/C14H27N3O2.ClH/c1-10(2)12(15)13(19)16-8-11(18)17-7-5-6-14(3,4)9-17;/h10,12H,5-9,15H2,1-4H3,(H,16,19);1H/t12-;/m0./s1. The lowest BCUT2D eigenvalue weighted by molar-refractivity contribution is -0.135. The van der Waals surface area contributed by atoms with E-state index in [0.717, 1.165) is 25.9 Å². The largest absolute Gasteiger partial charge is 0.346 e. The summed E-state index contributed by atoms with van der Waals surface area (Å²) < 4.78 is 0. The van der Waals surface area contributed by atoms with Crippen molar-refractivity contribution in [3.8, 4) is 0 Å². The number of piperidine rings is 1. The van der Waals surface area contributed by atoms with Crippen molar-refractivity contribution >= 4 is 24.2 Å².